The van der Waals surface area contributed by atoms with Crippen molar-refractivity contribution < 1.29 is 9.47 Å². The molecule has 104 valence electrons. The molecule has 0 radical (unpaired) electrons. The first kappa shape index (κ1) is 12.9. The van der Waals surface area contributed by atoms with Crippen molar-refractivity contribution in [2.24, 2.45) is 0 Å². The second-order valence-electron chi connectivity index (χ2n) is 4.27. The smallest absolute Gasteiger partial charge is 0.178 e. The molecule has 3 aromatic rings. The number of nitrogens with zero attached hydrogens (tertiary/aromatic N) is 3. The van der Waals surface area contributed by atoms with Gasteiger partial charge in [0.25, 0.3) is 0 Å². The van der Waals surface area contributed by atoms with Gasteiger partial charge in [0.2, 0.25) is 0 Å². The Morgan fingerprint density at radius 3 is 3.00 bits per heavy atom. The highest BCUT2D eigenvalue weighted by atomic mass is 16.5. The number of ether oxygens (including phenoxy) is 2. The van der Waals surface area contributed by atoms with E-state index in [1.54, 1.807) is 25.4 Å². The molecule has 0 amide bonds. The van der Waals surface area contributed by atoms with Gasteiger partial charge in [-0.1, -0.05) is 0 Å². The van der Waals surface area contributed by atoms with E-state index in [1.807, 2.05) is 24.3 Å². The van der Waals surface area contributed by atoms with Gasteiger partial charge in [0, 0.05) is 12.3 Å². The summed E-state index contributed by atoms with van der Waals surface area (Å²) in [6, 6.07) is 11.0. The number of rotatable bonds is 4. The first-order valence-electron chi connectivity index (χ1n) is 6.30. The van der Waals surface area contributed by atoms with Crippen LogP contribution in [0, 0.1) is 11.3 Å². The van der Waals surface area contributed by atoms with E-state index in [-0.39, 0.29) is 6.61 Å². The molecule has 0 bridgehead atoms. The van der Waals surface area contributed by atoms with Crippen LogP contribution in [0.3, 0.4) is 0 Å². The molecule has 0 saturated heterocycles. The lowest BCUT2D eigenvalue weighted by molar-refractivity contribution is 0.361. The van der Waals surface area contributed by atoms with Crippen LogP contribution >= 0.6 is 0 Å². The Labute approximate surface area is 121 Å². The van der Waals surface area contributed by atoms with E-state index in [0.29, 0.717) is 23.0 Å². The molecule has 0 saturated carbocycles. The Morgan fingerprint density at radius 1 is 1.33 bits per heavy atom. The molecule has 0 unspecified atom stereocenters. The van der Waals surface area contributed by atoms with E-state index >= 15 is 0 Å². The minimum Gasteiger partial charge on any atom is -0.496 e. The molecule has 0 aliphatic carbocycles. The minimum atomic E-state index is -0.00292. The van der Waals surface area contributed by atoms with Gasteiger partial charge >= 0.3 is 0 Å². The van der Waals surface area contributed by atoms with Gasteiger partial charge < -0.3 is 14.5 Å². The maximum Gasteiger partial charge on any atom is 0.178 e. The Kier molecular flexibility index (Phi) is 3.39. The number of benzene rings is 1. The highest BCUT2D eigenvalue weighted by Crippen LogP contribution is 2.32. The van der Waals surface area contributed by atoms with Crippen molar-refractivity contribution in [3.63, 3.8) is 0 Å². The highest BCUT2D eigenvalue weighted by molar-refractivity contribution is 5.77. The van der Waals surface area contributed by atoms with E-state index in [2.05, 4.69) is 15.0 Å². The summed E-state index contributed by atoms with van der Waals surface area (Å²) in [7, 11) is 1.58. The average Bonchev–Trinajstić information content (AvgIpc) is 2.96. The second kappa shape index (κ2) is 5.51. The zero-order chi connectivity index (χ0) is 14.7. The van der Waals surface area contributed by atoms with E-state index < -0.39 is 0 Å². The highest BCUT2D eigenvalue weighted by Gasteiger charge is 2.12. The van der Waals surface area contributed by atoms with Crippen LogP contribution in [0.2, 0.25) is 0 Å². The number of aromatic nitrogens is 3. The maximum absolute atomic E-state index is 8.54. The lowest BCUT2D eigenvalue weighted by Gasteiger charge is -2.08. The molecule has 0 aliphatic rings. The summed E-state index contributed by atoms with van der Waals surface area (Å²) in [6.07, 6.45) is 1.70. The molecule has 0 atom stereocenters. The fraction of sp³-hybridized carbons (Fsp3) is 0.133. The third-order valence-corrected chi connectivity index (χ3v) is 2.99. The first-order valence-corrected chi connectivity index (χ1v) is 6.30. The Balaban J connectivity index is 2.03. The van der Waals surface area contributed by atoms with Crippen molar-refractivity contribution >= 4 is 11.2 Å². The molecule has 6 nitrogen and oxygen atoms in total. The molecule has 3 rings (SSSR count). The van der Waals surface area contributed by atoms with Crippen LogP contribution in [-0.2, 0) is 0 Å². The number of fused-ring (bicyclic) bond motifs is 1. The van der Waals surface area contributed by atoms with E-state index in [0.717, 1.165) is 11.1 Å². The Hall–Kier alpha value is -3.07. The summed E-state index contributed by atoms with van der Waals surface area (Å²) in [4.78, 5) is 11.8. The van der Waals surface area contributed by atoms with Gasteiger partial charge in [-0.3, -0.25) is 0 Å². The number of hydrogen-bond donors (Lipinski definition) is 1. The first-order chi connectivity index (χ1) is 10.3. The predicted octanol–water partition coefficient (Wildman–Crippen LogP) is 2.54. The SMILES string of the molecule is COc1cc(OCC#N)ccc1-c1nc2ncccc2[nH]1. The number of methoxy groups -OCH3 is 1. The number of imidazole rings is 1. The maximum atomic E-state index is 8.54. The van der Waals surface area contributed by atoms with Crippen molar-refractivity contribution in [2.45, 2.75) is 0 Å². The zero-order valence-corrected chi connectivity index (χ0v) is 11.3. The Morgan fingerprint density at radius 2 is 2.24 bits per heavy atom. The van der Waals surface area contributed by atoms with E-state index in [9.17, 15) is 0 Å². The predicted molar refractivity (Wildman–Crippen MR) is 77.0 cm³/mol. The fourth-order valence-corrected chi connectivity index (χ4v) is 2.05. The van der Waals surface area contributed by atoms with Crippen molar-refractivity contribution in [3.8, 4) is 29.0 Å². The molecule has 2 aromatic heterocycles. The van der Waals surface area contributed by atoms with Crippen LogP contribution in [-0.4, -0.2) is 28.7 Å². The molecule has 0 fully saturated rings. The van der Waals surface area contributed by atoms with Gasteiger partial charge in [-0.2, -0.15) is 5.26 Å². The second-order valence-corrected chi connectivity index (χ2v) is 4.27. The van der Waals surface area contributed by atoms with Gasteiger partial charge in [-0.25, -0.2) is 9.97 Å². The number of aromatic amines is 1. The summed E-state index contributed by atoms with van der Waals surface area (Å²) in [5.74, 6) is 1.86. The van der Waals surface area contributed by atoms with Gasteiger partial charge in [-0.15, -0.1) is 0 Å². The van der Waals surface area contributed by atoms with Crippen molar-refractivity contribution in [1.82, 2.24) is 15.0 Å². The molecule has 1 N–H and O–H groups in total. The number of hydrogen-bond acceptors (Lipinski definition) is 5. The quantitative estimate of drug-likeness (QED) is 0.794. The van der Waals surface area contributed by atoms with Crippen molar-refractivity contribution in [1.29, 1.82) is 5.26 Å². The van der Waals surface area contributed by atoms with Crippen LogP contribution in [0.15, 0.2) is 36.5 Å². The molecule has 1 aromatic carbocycles. The van der Waals surface area contributed by atoms with Crippen LogP contribution in [0.5, 0.6) is 11.5 Å². The summed E-state index contributed by atoms with van der Waals surface area (Å²) in [5.41, 5.74) is 2.32. The monoisotopic (exact) mass is 280 g/mol. The van der Waals surface area contributed by atoms with Crippen molar-refractivity contribution in [2.75, 3.05) is 13.7 Å². The Bertz CT molecular complexity index is 787. The minimum absolute atomic E-state index is 0.00292. The van der Waals surface area contributed by atoms with Gasteiger partial charge in [0.15, 0.2) is 12.3 Å². The molecule has 2 heterocycles. The topological polar surface area (TPSA) is 83.8 Å². The molecular weight excluding hydrogens is 268 g/mol. The third kappa shape index (κ3) is 2.49. The van der Waals surface area contributed by atoms with Crippen LogP contribution in [0.1, 0.15) is 0 Å². The van der Waals surface area contributed by atoms with Gasteiger partial charge in [0.05, 0.1) is 18.2 Å². The molecule has 21 heavy (non-hydrogen) atoms. The average molecular weight is 280 g/mol. The summed E-state index contributed by atoms with van der Waals surface area (Å²) >= 11 is 0. The number of H-pyrrole nitrogens is 1. The number of nitrogens with one attached hydrogen (secondary N) is 1. The number of nitriles is 1. The largest absolute Gasteiger partial charge is 0.496 e. The normalized spacial score (nSPS) is 10.3. The summed E-state index contributed by atoms with van der Waals surface area (Å²) in [5, 5.41) is 8.54. The zero-order valence-electron chi connectivity index (χ0n) is 11.3. The number of pyridine rings is 1. The van der Waals surface area contributed by atoms with E-state index in [1.165, 1.54) is 0 Å². The van der Waals surface area contributed by atoms with Crippen LogP contribution in [0.4, 0.5) is 0 Å². The molecule has 0 aliphatic heterocycles. The lowest BCUT2D eigenvalue weighted by atomic mass is 10.2. The standard InChI is InChI=1S/C15H12N4O2/c1-20-13-9-10(21-8-6-16)4-5-11(13)14-18-12-3-2-7-17-15(12)19-14/h2-5,7,9H,8H2,1H3,(H,17,18,19). The molecular formula is C15H12N4O2. The lowest BCUT2D eigenvalue weighted by Crippen LogP contribution is -1.95. The van der Waals surface area contributed by atoms with Crippen molar-refractivity contribution in [3.05, 3.63) is 36.5 Å². The van der Waals surface area contributed by atoms with E-state index in [4.69, 9.17) is 14.7 Å². The van der Waals surface area contributed by atoms with Crippen LogP contribution in [0.25, 0.3) is 22.6 Å². The van der Waals surface area contributed by atoms with Crippen LogP contribution < -0.4 is 9.47 Å². The molecule has 6 heteroatoms. The molecule has 0 spiro atoms. The van der Waals surface area contributed by atoms with Gasteiger partial charge in [-0.05, 0) is 24.3 Å². The summed E-state index contributed by atoms with van der Waals surface area (Å²) in [6.45, 7) is -0.00292. The summed E-state index contributed by atoms with van der Waals surface area (Å²) < 4.78 is 10.6. The van der Waals surface area contributed by atoms with Gasteiger partial charge in [0.1, 0.15) is 23.4 Å². The third-order valence-electron chi connectivity index (χ3n) is 2.99. The fourth-order valence-electron chi connectivity index (χ4n) is 2.05.